The van der Waals surface area contributed by atoms with Gasteiger partial charge in [0.2, 0.25) is 0 Å². The monoisotopic (exact) mass is 341 g/mol. The first-order chi connectivity index (χ1) is 9.19. The zero-order valence-electron chi connectivity index (χ0n) is 11.1. The fourth-order valence-electron chi connectivity index (χ4n) is 1.63. The van der Waals surface area contributed by atoms with Crippen molar-refractivity contribution in [2.45, 2.75) is 26.4 Å². The number of non-ortho nitro benzene ring substituents is 1. The van der Waals surface area contributed by atoms with Crippen LogP contribution in [-0.4, -0.2) is 26.4 Å². The minimum absolute atomic E-state index is 0.130. The molecule has 1 heterocycles. The summed E-state index contributed by atoms with van der Waals surface area (Å²) in [7, 11) is 0. The number of nitrogens with zero attached hydrogens (tertiary/aromatic N) is 3. The molecule has 0 bridgehead atoms. The molecule has 0 unspecified atom stereocenters. The van der Waals surface area contributed by atoms with E-state index < -0.39 is 16.6 Å². The van der Waals surface area contributed by atoms with E-state index in [2.05, 4.69) is 21.0 Å². The molecular formula is C12H12BrN3O4. The lowest BCUT2D eigenvalue weighted by atomic mass is 10.2. The molecule has 2 aromatic rings. The van der Waals surface area contributed by atoms with Crippen LogP contribution in [0.25, 0.3) is 10.9 Å². The van der Waals surface area contributed by atoms with Crippen molar-refractivity contribution in [2.24, 2.45) is 0 Å². The lowest BCUT2D eigenvalue weighted by Gasteiger charge is -2.19. The van der Waals surface area contributed by atoms with Gasteiger partial charge in [-0.2, -0.15) is 9.78 Å². The molecule has 2 rings (SSSR count). The minimum atomic E-state index is -0.681. The molecule has 106 valence electrons. The van der Waals surface area contributed by atoms with Gasteiger partial charge in [-0.3, -0.25) is 10.1 Å². The van der Waals surface area contributed by atoms with Crippen molar-refractivity contribution in [1.82, 2.24) is 9.78 Å². The summed E-state index contributed by atoms with van der Waals surface area (Å²) in [5, 5.41) is 15.4. The maximum Gasteiger partial charge on any atom is 0.435 e. The number of fused-ring (bicyclic) bond motifs is 1. The van der Waals surface area contributed by atoms with Gasteiger partial charge in [0.25, 0.3) is 5.69 Å². The van der Waals surface area contributed by atoms with Crippen molar-refractivity contribution >= 4 is 38.6 Å². The molecule has 20 heavy (non-hydrogen) atoms. The van der Waals surface area contributed by atoms with Gasteiger partial charge in [-0.1, -0.05) is 0 Å². The first-order valence-corrected chi connectivity index (χ1v) is 6.53. The average Bonchev–Trinajstić information content (AvgIpc) is 2.70. The van der Waals surface area contributed by atoms with Crippen molar-refractivity contribution in [2.75, 3.05) is 0 Å². The molecule has 0 amide bonds. The second kappa shape index (κ2) is 4.86. The SMILES string of the molecule is CC(C)(C)OC(=O)n1ncc2c(Br)cc([N+](=O)[O-])cc21. The van der Waals surface area contributed by atoms with E-state index >= 15 is 0 Å². The third kappa shape index (κ3) is 2.79. The van der Waals surface area contributed by atoms with Gasteiger partial charge in [0.1, 0.15) is 5.60 Å². The van der Waals surface area contributed by atoms with E-state index in [0.29, 0.717) is 15.4 Å². The van der Waals surface area contributed by atoms with Gasteiger partial charge < -0.3 is 4.74 Å². The van der Waals surface area contributed by atoms with Crippen LogP contribution in [0.1, 0.15) is 20.8 Å². The van der Waals surface area contributed by atoms with Crippen LogP contribution in [0.4, 0.5) is 10.5 Å². The first-order valence-electron chi connectivity index (χ1n) is 5.74. The number of nitro benzene ring substituents is 1. The third-order valence-electron chi connectivity index (χ3n) is 2.40. The van der Waals surface area contributed by atoms with Crippen molar-refractivity contribution < 1.29 is 14.5 Å². The Hall–Kier alpha value is -1.96. The van der Waals surface area contributed by atoms with E-state index in [0.717, 1.165) is 4.68 Å². The highest BCUT2D eigenvalue weighted by Gasteiger charge is 2.22. The summed E-state index contributed by atoms with van der Waals surface area (Å²) in [6, 6.07) is 2.65. The number of hydrogen-bond donors (Lipinski definition) is 0. The van der Waals surface area contributed by atoms with E-state index in [1.165, 1.54) is 18.3 Å². The van der Waals surface area contributed by atoms with Crippen LogP contribution in [0.15, 0.2) is 22.8 Å². The fourth-order valence-corrected chi connectivity index (χ4v) is 2.17. The summed E-state index contributed by atoms with van der Waals surface area (Å²) in [4.78, 5) is 22.4. The normalized spacial score (nSPS) is 11.6. The summed E-state index contributed by atoms with van der Waals surface area (Å²) >= 11 is 3.23. The van der Waals surface area contributed by atoms with Crippen molar-refractivity contribution in [3.8, 4) is 0 Å². The fraction of sp³-hybridized carbons (Fsp3) is 0.333. The second-order valence-electron chi connectivity index (χ2n) is 5.15. The summed E-state index contributed by atoms with van der Waals surface area (Å²) in [6.07, 6.45) is 0.771. The summed E-state index contributed by atoms with van der Waals surface area (Å²) in [6.45, 7) is 5.19. The molecule has 0 saturated heterocycles. The molecule has 1 aromatic carbocycles. The van der Waals surface area contributed by atoms with Gasteiger partial charge in [-0.15, -0.1) is 0 Å². The van der Waals surface area contributed by atoms with Gasteiger partial charge in [-0.25, -0.2) is 4.79 Å². The van der Waals surface area contributed by atoms with E-state index in [1.54, 1.807) is 20.8 Å². The van der Waals surface area contributed by atoms with Crippen LogP contribution in [0, 0.1) is 10.1 Å². The molecule has 7 nitrogen and oxygen atoms in total. The van der Waals surface area contributed by atoms with Crippen LogP contribution in [0.5, 0.6) is 0 Å². The Morgan fingerprint density at radius 1 is 1.45 bits per heavy atom. The lowest BCUT2D eigenvalue weighted by molar-refractivity contribution is -0.384. The number of rotatable bonds is 1. The van der Waals surface area contributed by atoms with E-state index in [4.69, 9.17) is 4.74 Å². The summed E-state index contributed by atoms with van der Waals surface area (Å²) in [5.41, 5.74) is -0.483. The molecule has 1 aromatic heterocycles. The number of carbonyl (C=O) groups is 1. The van der Waals surface area contributed by atoms with Gasteiger partial charge in [0.15, 0.2) is 0 Å². The number of ether oxygens (including phenoxy) is 1. The Bertz CT molecular complexity index is 703. The number of benzene rings is 1. The maximum absolute atomic E-state index is 12.0. The Morgan fingerprint density at radius 2 is 2.10 bits per heavy atom. The Labute approximate surface area is 122 Å². The predicted molar refractivity (Wildman–Crippen MR) is 75.7 cm³/mol. The molecule has 0 fully saturated rings. The van der Waals surface area contributed by atoms with Crippen molar-refractivity contribution in [1.29, 1.82) is 0 Å². The van der Waals surface area contributed by atoms with Crippen LogP contribution in [0.3, 0.4) is 0 Å². The van der Waals surface area contributed by atoms with Crippen LogP contribution in [0.2, 0.25) is 0 Å². The summed E-state index contributed by atoms with van der Waals surface area (Å²) < 4.78 is 6.72. The van der Waals surface area contributed by atoms with Gasteiger partial charge >= 0.3 is 6.09 Å². The molecule has 0 aliphatic heterocycles. The Morgan fingerprint density at radius 3 is 2.65 bits per heavy atom. The highest BCUT2D eigenvalue weighted by atomic mass is 79.9. The van der Waals surface area contributed by atoms with E-state index in [-0.39, 0.29) is 5.69 Å². The number of carbonyl (C=O) groups excluding carboxylic acids is 1. The second-order valence-corrected chi connectivity index (χ2v) is 6.01. The molecule has 8 heteroatoms. The number of nitro groups is 1. The van der Waals surface area contributed by atoms with Gasteiger partial charge in [-0.05, 0) is 36.7 Å². The smallest absolute Gasteiger partial charge is 0.435 e. The average molecular weight is 342 g/mol. The first kappa shape index (κ1) is 14.4. The Balaban J connectivity index is 2.55. The number of halogens is 1. The van der Waals surface area contributed by atoms with Crippen LogP contribution < -0.4 is 0 Å². The van der Waals surface area contributed by atoms with Gasteiger partial charge in [0, 0.05) is 22.0 Å². The zero-order chi connectivity index (χ0) is 15.1. The molecule has 0 spiro atoms. The number of hydrogen-bond acceptors (Lipinski definition) is 5. The highest BCUT2D eigenvalue weighted by Crippen LogP contribution is 2.29. The van der Waals surface area contributed by atoms with Gasteiger partial charge in [0.05, 0.1) is 16.6 Å². The Kier molecular flexibility index (Phi) is 3.51. The van der Waals surface area contributed by atoms with Crippen molar-refractivity contribution in [3.63, 3.8) is 0 Å². The van der Waals surface area contributed by atoms with E-state index in [1.807, 2.05) is 0 Å². The molecular weight excluding hydrogens is 330 g/mol. The molecule has 0 saturated carbocycles. The van der Waals surface area contributed by atoms with Crippen LogP contribution >= 0.6 is 15.9 Å². The number of aromatic nitrogens is 2. The third-order valence-corrected chi connectivity index (χ3v) is 3.06. The predicted octanol–water partition coefficient (Wildman–Crippen LogP) is 3.49. The van der Waals surface area contributed by atoms with E-state index in [9.17, 15) is 14.9 Å². The molecule has 0 N–H and O–H groups in total. The molecule has 0 atom stereocenters. The summed E-state index contributed by atoms with van der Waals surface area (Å²) in [5.74, 6) is 0. The standard InChI is InChI=1S/C12H12BrN3O4/c1-12(2,3)20-11(17)15-10-5-7(16(18)19)4-9(13)8(10)6-14-15/h4-6H,1-3H3. The van der Waals surface area contributed by atoms with Crippen molar-refractivity contribution in [3.05, 3.63) is 32.9 Å². The highest BCUT2D eigenvalue weighted by molar-refractivity contribution is 9.10. The van der Waals surface area contributed by atoms with Crippen LogP contribution in [-0.2, 0) is 4.74 Å². The molecule has 0 aliphatic rings. The topological polar surface area (TPSA) is 87.3 Å². The minimum Gasteiger partial charge on any atom is -0.442 e. The quantitative estimate of drug-likeness (QED) is 0.585. The molecule has 0 radical (unpaired) electrons. The maximum atomic E-state index is 12.0. The largest absolute Gasteiger partial charge is 0.442 e. The molecule has 0 aliphatic carbocycles. The lowest BCUT2D eigenvalue weighted by Crippen LogP contribution is -2.27. The zero-order valence-corrected chi connectivity index (χ0v) is 12.7.